The second-order valence-electron chi connectivity index (χ2n) is 4.77. The zero-order valence-corrected chi connectivity index (χ0v) is 10.9. The molecule has 3 rings (SSSR count). The van der Waals surface area contributed by atoms with E-state index in [9.17, 15) is 8.78 Å². The van der Waals surface area contributed by atoms with Crippen molar-refractivity contribution in [3.05, 3.63) is 53.6 Å². The van der Waals surface area contributed by atoms with E-state index in [0.717, 1.165) is 25.1 Å². The van der Waals surface area contributed by atoms with Crippen LogP contribution in [0.1, 0.15) is 11.1 Å². The van der Waals surface area contributed by atoms with Crippen molar-refractivity contribution < 1.29 is 13.5 Å². The fraction of sp³-hybridized carbons (Fsp3) is 0.250. The van der Waals surface area contributed by atoms with Crippen LogP contribution in [0.2, 0.25) is 0 Å². The molecule has 0 aromatic heterocycles. The maximum Gasteiger partial charge on any atom is 0.387 e. The molecule has 0 fully saturated rings. The first kappa shape index (κ1) is 13.1. The Kier molecular flexibility index (Phi) is 3.65. The predicted octanol–water partition coefficient (Wildman–Crippen LogP) is 3.60. The SMILES string of the molecule is FC(F)Oc1ccc(-c2cccc3c2CCNC3)cc1. The van der Waals surface area contributed by atoms with Gasteiger partial charge in [0.2, 0.25) is 0 Å². The highest BCUT2D eigenvalue weighted by molar-refractivity contribution is 5.69. The number of halogens is 2. The van der Waals surface area contributed by atoms with E-state index in [4.69, 9.17) is 0 Å². The monoisotopic (exact) mass is 275 g/mol. The highest BCUT2D eigenvalue weighted by Gasteiger charge is 2.13. The predicted molar refractivity (Wildman–Crippen MR) is 73.9 cm³/mol. The molecule has 104 valence electrons. The summed E-state index contributed by atoms with van der Waals surface area (Å²) >= 11 is 0. The lowest BCUT2D eigenvalue weighted by molar-refractivity contribution is -0.0498. The molecule has 4 heteroatoms. The van der Waals surface area contributed by atoms with E-state index in [2.05, 4.69) is 22.2 Å². The standard InChI is InChI=1S/C16H15F2NO/c17-16(18)20-13-6-4-11(5-7-13)14-3-1-2-12-10-19-9-8-15(12)14/h1-7,16,19H,8-10H2. The van der Waals surface area contributed by atoms with Crippen LogP contribution in [0.5, 0.6) is 5.75 Å². The average Bonchev–Trinajstić information content (AvgIpc) is 2.47. The van der Waals surface area contributed by atoms with Crippen molar-refractivity contribution in [1.82, 2.24) is 5.32 Å². The molecule has 0 saturated carbocycles. The van der Waals surface area contributed by atoms with Crippen LogP contribution in [0.15, 0.2) is 42.5 Å². The van der Waals surface area contributed by atoms with Crippen LogP contribution in [0.25, 0.3) is 11.1 Å². The van der Waals surface area contributed by atoms with Crippen LogP contribution in [0, 0.1) is 0 Å². The van der Waals surface area contributed by atoms with Crippen LogP contribution < -0.4 is 10.1 Å². The maximum atomic E-state index is 12.1. The lowest BCUT2D eigenvalue weighted by atomic mass is 9.91. The van der Waals surface area contributed by atoms with Gasteiger partial charge in [-0.05, 0) is 47.4 Å². The molecular weight excluding hydrogens is 260 g/mol. The molecule has 1 heterocycles. The van der Waals surface area contributed by atoms with Gasteiger partial charge in [-0.3, -0.25) is 0 Å². The van der Waals surface area contributed by atoms with Crippen LogP contribution >= 0.6 is 0 Å². The molecule has 0 amide bonds. The molecule has 2 aromatic carbocycles. The summed E-state index contributed by atoms with van der Waals surface area (Å²) in [6, 6.07) is 13.1. The van der Waals surface area contributed by atoms with Crippen molar-refractivity contribution >= 4 is 0 Å². The lowest BCUT2D eigenvalue weighted by Gasteiger charge is -2.20. The summed E-state index contributed by atoms with van der Waals surface area (Å²) in [4.78, 5) is 0. The highest BCUT2D eigenvalue weighted by Crippen LogP contribution is 2.29. The van der Waals surface area contributed by atoms with Gasteiger partial charge in [0.1, 0.15) is 5.75 Å². The topological polar surface area (TPSA) is 21.3 Å². The molecular formula is C16H15F2NO. The number of ether oxygens (including phenoxy) is 1. The van der Waals surface area contributed by atoms with E-state index < -0.39 is 6.61 Å². The minimum Gasteiger partial charge on any atom is -0.435 e. The van der Waals surface area contributed by atoms with Crippen molar-refractivity contribution in [1.29, 1.82) is 0 Å². The van der Waals surface area contributed by atoms with Crippen molar-refractivity contribution in [2.24, 2.45) is 0 Å². The third-order valence-corrected chi connectivity index (χ3v) is 3.53. The molecule has 0 radical (unpaired) electrons. The lowest BCUT2D eigenvalue weighted by Crippen LogP contribution is -2.23. The normalized spacial score (nSPS) is 14.2. The summed E-state index contributed by atoms with van der Waals surface area (Å²) in [5.41, 5.74) is 4.85. The number of hydrogen-bond acceptors (Lipinski definition) is 2. The van der Waals surface area contributed by atoms with Crippen molar-refractivity contribution in [3.63, 3.8) is 0 Å². The molecule has 0 spiro atoms. The Morgan fingerprint density at radius 2 is 1.85 bits per heavy atom. The number of hydrogen-bond donors (Lipinski definition) is 1. The van der Waals surface area contributed by atoms with Crippen LogP contribution in [0.3, 0.4) is 0 Å². The quantitative estimate of drug-likeness (QED) is 0.924. The molecule has 0 saturated heterocycles. The van der Waals surface area contributed by atoms with Gasteiger partial charge < -0.3 is 10.1 Å². The van der Waals surface area contributed by atoms with E-state index in [1.807, 2.05) is 18.2 Å². The summed E-state index contributed by atoms with van der Waals surface area (Å²) < 4.78 is 28.7. The maximum absolute atomic E-state index is 12.1. The average molecular weight is 275 g/mol. The van der Waals surface area contributed by atoms with E-state index in [1.54, 1.807) is 12.1 Å². The second-order valence-corrected chi connectivity index (χ2v) is 4.77. The fourth-order valence-corrected chi connectivity index (χ4v) is 2.62. The summed E-state index contributed by atoms with van der Waals surface area (Å²) in [6.45, 7) is -0.928. The number of rotatable bonds is 3. The van der Waals surface area contributed by atoms with E-state index in [0.29, 0.717) is 0 Å². The van der Waals surface area contributed by atoms with Crippen LogP contribution in [-0.2, 0) is 13.0 Å². The molecule has 1 aliphatic rings. The Hall–Kier alpha value is -1.94. The zero-order chi connectivity index (χ0) is 13.9. The van der Waals surface area contributed by atoms with Gasteiger partial charge in [0.15, 0.2) is 0 Å². The zero-order valence-electron chi connectivity index (χ0n) is 10.9. The Morgan fingerprint density at radius 1 is 1.05 bits per heavy atom. The van der Waals surface area contributed by atoms with Crippen molar-refractivity contribution in [2.75, 3.05) is 6.54 Å². The smallest absolute Gasteiger partial charge is 0.387 e. The molecule has 0 aliphatic carbocycles. The third kappa shape index (κ3) is 2.65. The van der Waals surface area contributed by atoms with Gasteiger partial charge >= 0.3 is 6.61 Å². The molecule has 1 N–H and O–H groups in total. The summed E-state index contributed by atoms with van der Waals surface area (Å²) in [5, 5.41) is 3.35. The van der Waals surface area contributed by atoms with E-state index in [-0.39, 0.29) is 5.75 Å². The molecule has 2 nitrogen and oxygen atoms in total. The van der Waals surface area contributed by atoms with Gasteiger partial charge in [-0.2, -0.15) is 8.78 Å². The van der Waals surface area contributed by atoms with Crippen molar-refractivity contribution in [3.8, 4) is 16.9 Å². The molecule has 1 aliphatic heterocycles. The van der Waals surface area contributed by atoms with E-state index in [1.165, 1.54) is 16.7 Å². The summed E-state index contributed by atoms with van der Waals surface area (Å²) in [6.07, 6.45) is 0.987. The largest absolute Gasteiger partial charge is 0.435 e. The number of alkyl halides is 2. The fourth-order valence-electron chi connectivity index (χ4n) is 2.62. The number of fused-ring (bicyclic) bond motifs is 1. The van der Waals surface area contributed by atoms with Gasteiger partial charge in [0.25, 0.3) is 0 Å². The van der Waals surface area contributed by atoms with Gasteiger partial charge in [0, 0.05) is 6.54 Å². The number of benzene rings is 2. The van der Waals surface area contributed by atoms with Gasteiger partial charge in [-0.15, -0.1) is 0 Å². The first-order chi connectivity index (χ1) is 9.74. The molecule has 2 aromatic rings. The van der Waals surface area contributed by atoms with Crippen LogP contribution in [-0.4, -0.2) is 13.2 Å². The van der Waals surface area contributed by atoms with Gasteiger partial charge in [-0.1, -0.05) is 30.3 Å². The minimum atomic E-state index is -2.78. The Balaban J connectivity index is 1.93. The van der Waals surface area contributed by atoms with Gasteiger partial charge in [0.05, 0.1) is 0 Å². The van der Waals surface area contributed by atoms with Crippen LogP contribution in [0.4, 0.5) is 8.78 Å². The second kappa shape index (κ2) is 5.59. The Labute approximate surface area is 116 Å². The first-order valence-electron chi connectivity index (χ1n) is 6.61. The van der Waals surface area contributed by atoms with E-state index >= 15 is 0 Å². The summed E-state index contributed by atoms with van der Waals surface area (Å²) in [7, 11) is 0. The first-order valence-corrected chi connectivity index (χ1v) is 6.61. The van der Waals surface area contributed by atoms with Gasteiger partial charge in [-0.25, -0.2) is 0 Å². The molecule has 0 unspecified atom stereocenters. The molecule has 20 heavy (non-hydrogen) atoms. The molecule has 0 bridgehead atoms. The highest BCUT2D eigenvalue weighted by atomic mass is 19.3. The number of nitrogens with one attached hydrogen (secondary N) is 1. The Morgan fingerprint density at radius 3 is 2.60 bits per heavy atom. The summed E-state index contributed by atoms with van der Waals surface area (Å²) in [5.74, 6) is 0.190. The Bertz CT molecular complexity index is 596. The van der Waals surface area contributed by atoms with Crippen molar-refractivity contribution in [2.45, 2.75) is 19.6 Å². The minimum absolute atomic E-state index is 0.190. The third-order valence-electron chi connectivity index (χ3n) is 3.53. The molecule has 0 atom stereocenters.